The smallest absolute Gasteiger partial charge is 0.267 e. The average Bonchev–Trinajstić information content (AvgIpc) is 3.06. The van der Waals surface area contributed by atoms with Crippen molar-refractivity contribution < 1.29 is 9.59 Å². The molecule has 4 rings (SSSR count). The van der Waals surface area contributed by atoms with Gasteiger partial charge >= 0.3 is 0 Å². The molecule has 4 heterocycles. The number of aryl methyl sites for hydroxylation is 1. The second-order valence-corrected chi connectivity index (χ2v) is 10.9. The van der Waals surface area contributed by atoms with Crippen molar-refractivity contribution in [1.82, 2.24) is 14.3 Å². The van der Waals surface area contributed by atoms with Crippen LogP contribution in [-0.4, -0.2) is 50.1 Å². The minimum absolute atomic E-state index is 0.178. The van der Waals surface area contributed by atoms with Crippen molar-refractivity contribution in [2.45, 2.75) is 40.0 Å². The van der Waals surface area contributed by atoms with Crippen molar-refractivity contribution >= 4 is 57.7 Å². The quantitative estimate of drug-likeness (QED) is 0.482. The average molecular weight is 500 g/mol. The van der Waals surface area contributed by atoms with Crippen LogP contribution in [0.1, 0.15) is 44.2 Å². The summed E-state index contributed by atoms with van der Waals surface area (Å²) in [5, 5.41) is 0. The third kappa shape index (κ3) is 4.74. The van der Waals surface area contributed by atoms with Crippen LogP contribution in [0.2, 0.25) is 0 Å². The van der Waals surface area contributed by atoms with E-state index in [0.29, 0.717) is 64.6 Å². The van der Waals surface area contributed by atoms with E-state index in [2.05, 4.69) is 13.8 Å². The largest absolute Gasteiger partial charge is 0.369 e. The highest BCUT2D eigenvalue weighted by Crippen LogP contribution is 2.34. The van der Waals surface area contributed by atoms with Gasteiger partial charge in [0, 0.05) is 31.7 Å². The van der Waals surface area contributed by atoms with Gasteiger partial charge in [-0.25, -0.2) is 4.98 Å². The molecule has 0 saturated carbocycles. The van der Waals surface area contributed by atoms with Gasteiger partial charge in [-0.3, -0.25) is 23.7 Å². The Labute approximate surface area is 208 Å². The molecule has 2 aliphatic heterocycles. The number of hydrogen-bond acceptors (Lipinski definition) is 7. The SMILES string of the molecule is Cc1cccn2c(=O)c(/C=C3/SC(=S)N(CCC(C)C)C3=O)c(N3CCC(C(N)=O)CC3)nc12. The topological polar surface area (TPSA) is 101 Å². The zero-order valence-electron chi connectivity index (χ0n) is 19.6. The normalized spacial score (nSPS) is 18.6. The Bertz CT molecular complexity index is 1250. The van der Waals surface area contributed by atoms with Gasteiger partial charge in [0.25, 0.3) is 11.5 Å². The molecule has 10 heteroatoms. The second kappa shape index (κ2) is 9.87. The van der Waals surface area contributed by atoms with Crippen LogP contribution in [0.3, 0.4) is 0 Å². The van der Waals surface area contributed by atoms with E-state index in [1.807, 2.05) is 17.9 Å². The maximum atomic E-state index is 13.6. The molecule has 2 amide bonds. The fourth-order valence-corrected chi connectivity index (χ4v) is 5.55. The van der Waals surface area contributed by atoms with Crippen molar-refractivity contribution in [3.05, 3.63) is 44.7 Å². The van der Waals surface area contributed by atoms with Crippen LogP contribution in [0.25, 0.3) is 11.7 Å². The van der Waals surface area contributed by atoms with E-state index < -0.39 is 0 Å². The Morgan fingerprint density at radius 1 is 1.32 bits per heavy atom. The number of nitrogens with two attached hydrogens (primary N) is 1. The van der Waals surface area contributed by atoms with Crippen LogP contribution in [0, 0.1) is 18.8 Å². The first-order valence-corrected chi connectivity index (χ1v) is 12.7. The molecule has 2 saturated heterocycles. The molecular formula is C24H29N5O3S2. The number of aromatic nitrogens is 2. The summed E-state index contributed by atoms with van der Waals surface area (Å²) >= 11 is 6.68. The molecule has 0 atom stereocenters. The lowest BCUT2D eigenvalue weighted by Crippen LogP contribution is -2.40. The van der Waals surface area contributed by atoms with Crippen molar-refractivity contribution in [2.24, 2.45) is 17.6 Å². The van der Waals surface area contributed by atoms with Crippen LogP contribution in [0.5, 0.6) is 0 Å². The van der Waals surface area contributed by atoms with E-state index in [1.54, 1.807) is 23.2 Å². The number of piperidine rings is 1. The Morgan fingerprint density at radius 3 is 2.68 bits per heavy atom. The fourth-order valence-electron chi connectivity index (χ4n) is 4.25. The van der Waals surface area contributed by atoms with Crippen LogP contribution in [-0.2, 0) is 9.59 Å². The number of primary amides is 1. The molecule has 180 valence electrons. The van der Waals surface area contributed by atoms with E-state index in [4.69, 9.17) is 22.9 Å². The molecule has 8 nitrogen and oxygen atoms in total. The monoisotopic (exact) mass is 499 g/mol. The minimum atomic E-state index is -0.299. The highest BCUT2D eigenvalue weighted by molar-refractivity contribution is 8.26. The maximum Gasteiger partial charge on any atom is 0.267 e. The third-order valence-electron chi connectivity index (χ3n) is 6.34. The van der Waals surface area contributed by atoms with Gasteiger partial charge in [0.1, 0.15) is 15.8 Å². The number of carbonyl (C=O) groups is 2. The second-order valence-electron chi connectivity index (χ2n) is 9.22. The number of anilines is 1. The summed E-state index contributed by atoms with van der Waals surface area (Å²) in [5.41, 5.74) is 7.05. The summed E-state index contributed by atoms with van der Waals surface area (Å²) in [6, 6.07) is 3.71. The molecule has 2 N–H and O–H groups in total. The van der Waals surface area contributed by atoms with Gasteiger partial charge in [-0.1, -0.05) is 43.9 Å². The first-order chi connectivity index (χ1) is 16.2. The first kappa shape index (κ1) is 24.4. The summed E-state index contributed by atoms with van der Waals surface area (Å²) < 4.78 is 2.02. The number of amides is 2. The minimum Gasteiger partial charge on any atom is -0.369 e. The maximum absolute atomic E-state index is 13.6. The molecule has 0 aliphatic carbocycles. The van der Waals surface area contributed by atoms with E-state index in [-0.39, 0.29) is 23.3 Å². The van der Waals surface area contributed by atoms with Crippen molar-refractivity contribution in [2.75, 3.05) is 24.5 Å². The van der Waals surface area contributed by atoms with Crippen LogP contribution < -0.4 is 16.2 Å². The molecular weight excluding hydrogens is 470 g/mol. The standard InChI is InChI=1S/C24H29N5O3S2/c1-14(2)6-12-29-23(32)18(34-24(29)33)13-17-21(27-10-7-16(8-11-27)19(25)30)26-20-15(3)5-4-9-28(20)22(17)31/h4-5,9,13-14,16H,6-8,10-12H2,1-3H3,(H2,25,30)/b18-13+. The van der Waals surface area contributed by atoms with E-state index in [1.165, 1.54) is 16.2 Å². The van der Waals surface area contributed by atoms with Crippen molar-refractivity contribution in [1.29, 1.82) is 0 Å². The zero-order chi connectivity index (χ0) is 24.6. The fraction of sp³-hybridized carbons (Fsp3) is 0.458. The lowest BCUT2D eigenvalue weighted by molar-refractivity contribution is -0.123. The van der Waals surface area contributed by atoms with Crippen LogP contribution >= 0.6 is 24.0 Å². The molecule has 0 aromatic carbocycles. The van der Waals surface area contributed by atoms with Gasteiger partial charge in [-0.05, 0) is 49.8 Å². The van der Waals surface area contributed by atoms with Gasteiger partial charge in [-0.15, -0.1) is 0 Å². The lowest BCUT2D eigenvalue weighted by Gasteiger charge is -2.32. The highest BCUT2D eigenvalue weighted by Gasteiger charge is 2.33. The van der Waals surface area contributed by atoms with E-state index >= 15 is 0 Å². The predicted molar refractivity (Wildman–Crippen MR) is 140 cm³/mol. The summed E-state index contributed by atoms with van der Waals surface area (Å²) in [7, 11) is 0. The van der Waals surface area contributed by atoms with Crippen LogP contribution in [0.15, 0.2) is 28.0 Å². The number of nitrogens with zero attached hydrogens (tertiary/aromatic N) is 4. The third-order valence-corrected chi connectivity index (χ3v) is 7.72. The molecule has 2 aromatic rings. The van der Waals surface area contributed by atoms with Crippen LogP contribution in [0.4, 0.5) is 5.82 Å². The summed E-state index contributed by atoms with van der Waals surface area (Å²) in [4.78, 5) is 47.3. The number of fused-ring (bicyclic) bond motifs is 1. The summed E-state index contributed by atoms with van der Waals surface area (Å²) in [6.07, 6.45) is 5.36. The van der Waals surface area contributed by atoms with Crippen molar-refractivity contribution in [3.63, 3.8) is 0 Å². The molecule has 2 aliphatic rings. The zero-order valence-corrected chi connectivity index (χ0v) is 21.2. The molecule has 0 spiro atoms. The molecule has 0 unspecified atom stereocenters. The summed E-state index contributed by atoms with van der Waals surface area (Å²) in [6.45, 7) is 7.78. The predicted octanol–water partition coefficient (Wildman–Crippen LogP) is 2.95. The van der Waals surface area contributed by atoms with E-state index in [9.17, 15) is 14.4 Å². The number of carbonyl (C=O) groups excluding carboxylic acids is 2. The van der Waals surface area contributed by atoms with Gasteiger partial charge < -0.3 is 10.6 Å². The lowest BCUT2D eigenvalue weighted by atomic mass is 9.96. The molecule has 2 aromatic heterocycles. The van der Waals surface area contributed by atoms with Crippen molar-refractivity contribution in [3.8, 4) is 0 Å². The molecule has 0 bridgehead atoms. The van der Waals surface area contributed by atoms with E-state index in [0.717, 1.165) is 12.0 Å². The van der Waals surface area contributed by atoms with Gasteiger partial charge in [-0.2, -0.15) is 0 Å². The molecule has 2 fully saturated rings. The number of rotatable bonds is 6. The molecule has 34 heavy (non-hydrogen) atoms. The van der Waals surface area contributed by atoms with Gasteiger partial charge in [0.15, 0.2) is 0 Å². The number of hydrogen-bond donors (Lipinski definition) is 1. The Hall–Kier alpha value is -2.72. The number of pyridine rings is 1. The van der Waals surface area contributed by atoms with Gasteiger partial charge in [0.05, 0.1) is 10.5 Å². The first-order valence-electron chi connectivity index (χ1n) is 11.5. The number of thiocarbonyl (C=S) groups is 1. The highest BCUT2D eigenvalue weighted by atomic mass is 32.2. The molecule has 0 radical (unpaired) electrons. The Balaban J connectivity index is 1.77. The Morgan fingerprint density at radius 2 is 2.03 bits per heavy atom. The summed E-state index contributed by atoms with van der Waals surface area (Å²) in [5.74, 6) is 0.311. The van der Waals surface area contributed by atoms with Gasteiger partial charge in [0.2, 0.25) is 5.91 Å². The Kier molecular flexibility index (Phi) is 7.09. The number of thioether (sulfide) groups is 1.